The lowest BCUT2D eigenvalue weighted by molar-refractivity contribution is 0.206. The summed E-state index contributed by atoms with van der Waals surface area (Å²) in [5, 5.41) is 2.92. The number of nitrogens with one attached hydrogen (secondary N) is 1. The van der Waals surface area contributed by atoms with E-state index in [1.165, 1.54) is 0 Å². The number of urea groups is 1. The van der Waals surface area contributed by atoms with Gasteiger partial charge in [0.2, 0.25) is 11.8 Å². The Balaban J connectivity index is 1.99. The average molecular weight is 369 g/mol. The van der Waals surface area contributed by atoms with Crippen LogP contribution < -0.4 is 14.8 Å². The monoisotopic (exact) mass is 369 g/mol. The summed E-state index contributed by atoms with van der Waals surface area (Å²) in [4.78, 5) is 18.5. The Labute approximate surface area is 160 Å². The summed E-state index contributed by atoms with van der Waals surface area (Å²) < 4.78 is 10.8. The number of likely N-dealkylation sites (N-methyl/N-ethyl adjacent to an activating group) is 1. The van der Waals surface area contributed by atoms with Crippen LogP contribution >= 0.6 is 0 Å². The Morgan fingerprint density at radius 1 is 1.19 bits per heavy atom. The number of aromatic nitrogens is 1. The fraction of sp³-hybridized carbons (Fsp3) is 0.333. The number of allylic oxidation sites excluding steroid dienone is 1. The molecular weight excluding hydrogens is 342 g/mol. The molecule has 1 heterocycles. The molecule has 2 rings (SSSR count). The molecule has 144 valence electrons. The van der Waals surface area contributed by atoms with Gasteiger partial charge in [-0.15, -0.1) is 0 Å². The van der Waals surface area contributed by atoms with E-state index in [2.05, 4.69) is 23.3 Å². The molecular formula is C21H27N3O3. The van der Waals surface area contributed by atoms with Gasteiger partial charge in [0.1, 0.15) is 5.75 Å². The number of nitrogens with zero attached hydrogens (tertiary/aromatic N) is 2. The molecule has 2 aromatic rings. The van der Waals surface area contributed by atoms with Gasteiger partial charge in [0, 0.05) is 30.4 Å². The number of anilines is 1. The summed E-state index contributed by atoms with van der Waals surface area (Å²) in [5.74, 6) is 1.56. The van der Waals surface area contributed by atoms with Gasteiger partial charge in [-0.25, -0.2) is 4.79 Å². The largest absolute Gasteiger partial charge is 0.481 e. The minimum atomic E-state index is -0.131. The van der Waals surface area contributed by atoms with Crippen LogP contribution in [0.5, 0.6) is 17.5 Å². The minimum absolute atomic E-state index is 0.0386. The highest BCUT2D eigenvalue weighted by Crippen LogP contribution is 2.23. The smallest absolute Gasteiger partial charge is 0.322 e. The van der Waals surface area contributed by atoms with Crippen LogP contribution in [0.15, 0.2) is 54.6 Å². The van der Waals surface area contributed by atoms with Gasteiger partial charge >= 0.3 is 6.03 Å². The first-order valence-electron chi connectivity index (χ1n) is 9.10. The Morgan fingerprint density at radius 3 is 2.52 bits per heavy atom. The quantitative estimate of drug-likeness (QED) is 0.658. The van der Waals surface area contributed by atoms with Gasteiger partial charge < -0.3 is 19.7 Å². The van der Waals surface area contributed by atoms with E-state index in [4.69, 9.17) is 9.47 Å². The molecule has 1 aromatic carbocycles. The molecule has 6 heteroatoms. The highest BCUT2D eigenvalue weighted by Gasteiger charge is 2.16. The Bertz CT molecular complexity index is 760. The van der Waals surface area contributed by atoms with Crippen molar-refractivity contribution in [2.24, 2.45) is 0 Å². The molecule has 0 fully saturated rings. The second-order valence-corrected chi connectivity index (χ2v) is 5.94. The van der Waals surface area contributed by atoms with Crippen LogP contribution in [0.3, 0.4) is 0 Å². The molecule has 2 amide bonds. The molecule has 1 atom stereocenters. The average Bonchev–Trinajstić information content (AvgIpc) is 2.68. The number of carbonyl (C=O) groups excluding carboxylic acids is 1. The third-order valence-electron chi connectivity index (χ3n) is 3.98. The third kappa shape index (κ3) is 6.02. The van der Waals surface area contributed by atoms with Crippen molar-refractivity contribution < 1.29 is 14.3 Å². The van der Waals surface area contributed by atoms with Gasteiger partial charge in [-0.2, -0.15) is 4.98 Å². The van der Waals surface area contributed by atoms with Crippen molar-refractivity contribution in [1.82, 2.24) is 9.88 Å². The molecule has 1 N–H and O–H groups in total. The van der Waals surface area contributed by atoms with E-state index < -0.39 is 0 Å². The zero-order valence-electron chi connectivity index (χ0n) is 16.3. The zero-order valence-corrected chi connectivity index (χ0v) is 16.3. The van der Waals surface area contributed by atoms with Gasteiger partial charge in [0.05, 0.1) is 7.11 Å². The minimum Gasteiger partial charge on any atom is -0.481 e. The highest BCUT2D eigenvalue weighted by molar-refractivity contribution is 5.89. The number of hydrogen-bond acceptors (Lipinski definition) is 4. The van der Waals surface area contributed by atoms with E-state index in [0.717, 1.165) is 6.42 Å². The molecule has 27 heavy (non-hydrogen) atoms. The van der Waals surface area contributed by atoms with Gasteiger partial charge in [-0.3, -0.25) is 0 Å². The molecule has 0 radical (unpaired) electrons. The van der Waals surface area contributed by atoms with Crippen LogP contribution in [0.1, 0.15) is 27.2 Å². The molecule has 6 nitrogen and oxygen atoms in total. The first-order chi connectivity index (χ1) is 13.1. The van der Waals surface area contributed by atoms with E-state index in [0.29, 0.717) is 29.7 Å². The highest BCUT2D eigenvalue weighted by atomic mass is 16.5. The van der Waals surface area contributed by atoms with Gasteiger partial charge in [0.15, 0.2) is 0 Å². The normalized spacial score (nSPS) is 11.9. The van der Waals surface area contributed by atoms with Gasteiger partial charge in [0.25, 0.3) is 0 Å². The van der Waals surface area contributed by atoms with Crippen molar-refractivity contribution in [3.63, 3.8) is 0 Å². The predicted molar refractivity (Wildman–Crippen MR) is 108 cm³/mol. The zero-order chi connectivity index (χ0) is 19.6. The first kappa shape index (κ1) is 20.3. The second-order valence-electron chi connectivity index (χ2n) is 5.94. The first-order valence-corrected chi connectivity index (χ1v) is 9.10. The maximum atomic E-state index is 12.5. The molecule has 0 aliphatic carbocycles. The second kappa shape index (κ2) is 10.2. The van der Waals surface area contributed by atoms with E-state index >= 15 is 0 Å². The van der Waals surface area contributed by atoms with E-state index in [-0.39, 0.29) is 12.1 Å². The third-order valence-corrected chi connectivity index (χ3v) is 3.98. The van der Waals surface area contributed by atoms with Crippen LogP contribution in [0, 0.1) is 0 Å². The fourth-order valence-electron chi connectivity index (χ4n) is 2.54. The van der Waals surface area contributed by atoms with Crippen LogP contribution in [-0.2, 0) is 0 Å². The molecule has 0 spiro atoms. The predicted octanol–water partition coefficient (Wildman–Crippen LogP) is 5.09. The molecule has 0 saturated carbocycles. The maximum Gasteiger partial charge on any atom is 0.322 e. The summed E-state index contributed by atoms with van der Waals surface area (Å²) in [6, 6.07) is 12.4. The van der Waals surface area contributed by atoms with Crippen molar-refractivity contribution in [2.45, 2.75) is 33.2 Å². The SMILES string of the molecule is CCC=CC(C)N(CC)C(=O)Nc1ccc(Oc2cccc(OC)n2)cc1. The number of amides is 2. The molecule has 0 aliphatic rings. The number of methoxy groups -OCH3 is 1. The number of carbonyl (C=O) groups is 1. The number of benzene rings is 1. The van der Waals surface area contributed by atoms with Gasteiger partial charge in [-0.05, 0) is 44.5 Å². The van der Waals surface area contributed by atoms with Crippen LogP contribution in [0.25, 0.3) is 0 Å². The lowest BCUT2D eigenvalue weighted by atomic mass is 10.2. The lowest BCUT2D eigenvalue weighted by Crippen LogP contribution is -2.40. The van der Waals surface area contributed by atoms with Crippen molar-refractivity contribution in [2.75, 3.05) is 19.0 Å². The maximum absolute atomic E-state index is 12.5. The Morgan fingerprint density at radius 2 is 1.89 bits per heavy atom. The van der Waals surface area contributed by atoms with Crippen LogP contribution in [-0.4, -0.2) is 35.6 Å². The van der Waals surface area contributed by atoms with E-state index in [1.807, 2.05) is 26.0 Å². The summed E-state index contributed by atoms with van der Waals surface area (Å²) in [6.07, 6.45) is 5.06. The standard InChI is InChI=1S/C21H27N3O3/c1-5-7-9-16(3)24(6-2)21(25)22-17-12-14-18(15-13-17)27-20-11-8-10-19(23-20)26-4/h7-16H,5-6H2,1-4H3,(H,22,25). The summed E-state index contributed by atoms with van der Waals surface area (Å²) in [5.41, 5.74) is 0.705. The summed E-state index contributed by atoms with van der Waals surface area (Å²) in [7, 11) is 1.56. The van der Waals surface area contributed by atoms with Crippen molar-refractivity contribution in [1.29, 1.82) is 0 Å². The van der Waals surface area contributed by atoms with E-state index in [1.54, 1.807) is 48.4 Å². The summed E-state index contributed by atoms with van der Waals surface area (Å²) in [6.45, 7) is 6.68. The van der Waals surface area contributed by atoms with Crippen molar-refractivity contribution >= 4 is 11.7 Å². The van der Waals surface area contributed by atoms with Gasteiger partial charge in [-0.1, -0.05) is 25.1 Å². The number of ether oxygens (including phenoxy) is 2. The van der Waals surface area contributed by atoms with Crippen LogP contribution in [0.2, 0.25) is 0 Å². The topological polar surface area (TPSA) is 63.7 Å². The van der Waals surface area contributed by atoms with Crippen molar-refractivity contribution in [3.8, 4) is 17.5 Å². The number of pyridine rings is 1. The fourth-order valence-corrected chi connectivity index (χ4v) is 2.54. The number of hydrogen-bond donors (Lipinski definition) is 1. The molecule has 0 bridgehead atoms. The lowest BCUT2D eigenvalue weighted by Gasteiger charge is -2.26. The van der Waals surface area contributed by atoms with Crippen LogP contribution in [0.4, 0.5) is 10.5 Å². The molecule has 0 aliphatic heterocycles. The molecule has 1 aromatic heterocycles. The van der Waals surface area contributed by atoms with E-state index in [9.17, 15) is 4.79 Å². The Hall–Kier alpha value is -3.02. The molecule has 1 unspecified atom stereocenters. The number of rotatable bonds is 8. The Kier molecular flexibility index (Phi) is 7.67. The molecule has 0 saturated heterocycles. The van der Waals surface area contributed by atoms with Crippen molar-refractivity contribution in [3.05, 3.63) is 54.6 Å². The summed E-state index contributed by atoms with van der Waals surface area (Å²) >= 11 is 0.